The monoisotopic (exact) mass is 472 g/mol. The molecule has 0 radical (unpaired) electrons. The molecular formula is C31H28N4O. The van der Waals surface area contributed by atoms with Crippen LogP contribution in [0.15, 0.2) is 134 Å². The van der Waals surface area contributed by atoms with Crippen molar-refractivity contribution < 1.29 is 4.79 Å². The molecule has 0 saturated carbocycles. The van der Waals surface area contributed by atoms with Crippen LogP contribution in [0.5, 0.6) is 0 Å². The van der Waals surface area contributed by atoms with E-state index in [1.165, 1.54) is 0 Å². The molecule has 0 fully saturated rings. The molecule has 5 nitrogen and oxygen atoms in total. The summed E-state index contributed by atoms with van der Waals surface area (Å²) >= 11 is 0. The van der Waals surface area contributed by atoms with E-state index in [0.717, 1.165) is 28.1 Å². The minimum Gasteiger partial charge on any atom is -0.348 e. The molecule has 1 amide bonds. The second-order valence-electron chi connectivity index (χ2n) is 8.68. The first-order valence-electron chi connectivity index (χ1n) is 12.0. The van der Waals surface area contributed by atoms with Gasteiger partial charge < -0.3 is 10.3 Å². The minimum atomic E-state index is -0.775. The summed E-state index contributed by atoms with van der Waals surface area (Å²) in [6, 6.07) is 39.8. The molecule has 36 heavy (non-hydrogen) atoms. The molecule has 0 aliphatic carbocycles. The van der Waals surface area contributed by atoms with Crippen molar-refractivity contribution >= 4 is 11.6 Å². The van der Waals surface area contributed by atoms with Crippen LogP contribution in [-0.2, 0) is 16.8 Å². The van der Waals surface area contributed by atoms with E-state index in [1.54, 1.807) is 12.5 Å². The summed E-state index contributed by atoms with van der Waals surface area (Å²) in [4.78, 5) is 21.1. The molecule has 1 heterocycles. The number of hydrogen-bond acceptors (Lipinski definition) is 3. The van der Waals surface area contributed by atoms with E-state index < -0.39 is 11.6 Å². The van der Waals surface area contributed by atoms with Crippen molar-refractivity contribution in [1.82, 2.24) is 15.3 Å². The van der Waals surface area contributed by atoms with E-state index in [9.17, 15) is 4.79 Å². The fourth-order valence-corrected chi connectivity index (χ4v) is 4.65. The Hall–Kier alpha value is -4.48. The number of aromatic amines is 1. The van der Waals surface area contributed by atoms with E-state index in [2.05, 4.69) is 57.0 Å². The summed E-state index contributed by atoms with van der Waals surface area (Å²) < 4.78 is 0. The first-order valence-corrected chi connectivity index (χ1v) is 12.0. The van der Waals surface area contributed by atoms with Crippen LogP contribution in [0.1, 0.15) is 22.4 Å². The Morgan fingerprint density at radius 3 is 1.64 bits per heavy atom. The third-order valence-corrected chi connectivity index (χ3v) is 6.35. The highest BCUT2D eigenvalue weighted by atomic mass is 16.2. The third-order valence-electron chi connectivity index (χ3n) is 6.35. The summed E-state index contributed by atoms with van der Waals surface area (Å²) in [5.74, 6) is -0.122. The lowest BCUT2D eigenvalue weighted by Crippen LogP contribution is -2.54. The van der Waals surface area contributed by atoms with Crippen molar-refractivity contribution in [2.24, 2.45) is 0 Å². The van der Waals surface area contributed by atoms with Gasteiger partial charge in [0, 0.05) is 24.0 Å². The van der Waals surface area contributed by atoms with Gasteiger partial charge in [-0.15, -0.1) is 0 Å². The van der Waals surface area contributed by atoms with Gasteiger partial charge in [-0.25, -0.2) is 4.98 Å². The fraction of sp³-hybridized carbons (Fsp3) is 0.0968. The predicted octanol–water partition coefficient (Wildman–Crippen LogP) is 5.54. The molecule has 4 aromatic carbocycles. The van der Waals surface area contributed by atoms with Crippen LogP contribution < -0.4 is 10.6 Å². The highest BCUT2D eigenvalue weighted by Gasteiger charge is 2.40. The zero-order valence-corrected chi connectivity index (χ0v) is 19.8. The molecule has 0 spiro atoms. The minimum absolute atomic E-state index is 0.122. The second-order valence-corrected chi connectivity index (χ2v) is 8.68. The van der Waals surface area contributed by atoms with Crippen molar-refractivity contribution in [3.05, 3.63) is 156 Å². The van der Waals surface area contributed by atoms with Crippen molar-refractivity contribution in [2.45, 2.75) is 18.0 Å². The molecule has 0 unspecified atom stereocenters. The molecule has 3 N–H and O–H groups in total. The topological polar surface area (TPSA) is 69.8 Å². The molecule has 5 heteroatoms. The Bertz CT molecular complexity index is 1260. The maximum atomic E-state index is 13.8. The molecule has 0 saturated heterocycles. The molecule has 1 aromatic heterocycles. The third kappa shape index (κ3) is 4.97. The number of para-hydroxylation sites is 1. The zero-order chi connectivity index (χ0) is 24.6. The molecule has 5 aromatic rings. The quantitative estimate of drug-likeness (QED) is 0.247. The molecule has 5 rings (SSSR count). The first-order chi connectivity index (χ1) is 17.8. The Kier molecular flexibility index (Phi) is 7.01. The van der Waals surface area contributed by atoms with E-state index >= 15 is 0 Å². The molecule has 0 aliphatic heterocycles. The number of carbonyl (C=O) groups excluding carboxylic acids is 1. The van der Waals surface area contributed by atoms with Crippen molar-refractivity contribution in [3.8, 4) is 0 Å². The molecule has 178 valence electrons. The van der Waals surface area contributed by atoms with Gasteiger partial charge in [-0.05, 0) is 28.8 Å². The second kappa shape index (κ2) is 10.8. The van der Waals surface area contributed by atoms with E-state index in [4.69, 9.17) is 0 Å². The first kappa shape index (κ1) is 23.3. The van der Waals surface area contributed by atoms with Gasteiger partial charge in [0.1, 0.15) is 0 Å². The van der Waals surface area contributed by atoms with Gasteiger partial charge in [0.05, 0.1) is 17.9 Å². The number of anilines is 1. The smallest absolute Gasteiger partial charge is 0.241 e. The van der Waals surface area contributed by atoms with Gasteiger partial charge in [0.2, 0.25) is 5.91 Å². The lowest BCUT2D eigenvalue weighted by molar-refractivity contribution is -0.118. The van der Waals surface area contributed by atoms with Gasteiger partial charge in [-0.2, -0.15) is 0 Å². The number of nitrogens with zero attached hydrogens (tertiary/aromatic N) is 1. The van der Waals surface area contributed by atoms with Crippen LogP contribution in [0.3, 0.4) is 0 Å². The van der Waals surface area contributed by atoms with Crippen molar-refractivity contribution in [2.75, 3.05) is 5.32 Å². The van der Waals surface area contributed by atoms with Gasteiger partial charge in [0.15, 0.2) is 0 Å². The van der Waals surface area contributed by atoms with Gasteiger partial charge in [-0.3, -0.25) is 10.1 Å². The zero-order valence-electron chi connectivity index (χ0n) is 19.8. The number of amides is 1. The average molecular weight is 473 g/mol. The summed E-state index contributed by atoms with van der Waals surface area (Å²) in [7, 11) is 0. The number of rotatable bonds is 9. The van der Waals surface area contributed by atoms with Crippen molar-refractivity contribution in [3.63, 3.8) is 0 Å². The highest BCUT2D eigenvalue weighted by Crippen LogP contribution is 2.37. The Morgan fingerprint density at radius 1 is 0.722 bits per heavy atom. The predicted molar refractivity (Wildman–Crippen MR) is 143 cm³/mol. The molecule has 1 atom stereocenters. The van der Waals surface area contributed by atoms with Crippen LogP contribution in [0.25, 0.3) is 0 Å². The lowest BCUT2D eigenvalue weighted by Gasteiger charge is -2.39. The van der Waals surface area contributed by atoms with E-state index in [0.29, 0.717) is 6.42 Å². The van der Waals surface area contributed by atoms with Crippen LogP contribution in [-0.4, -0.2) is 21.9 Å². The van der Waals surface area contributed by atoms with Crippen LogP contribution in [0.4, 0.5) is 5.69 Å². The van der Waals surface area contributed by atoms with Gasteiger partial charge >= 0.3 is 0 Å². The average Bonchev–Trinajstić information content (AvgIpc) is 3.46. The number of H-pyrrole nitrogens is 1. The summed E-state index contributed by atoms with van der Waals surface area (Å²) in [6.45, 7) is 0. The molecule has 0 bridgehead atoms. The number of carbonyl (C=O) groups is 1. The number of nitrogens with one attached hydrogen (secondary N) is 3. The number of aromatic nitrogens is 2. The fourth-order valence-electron chi connectivity index (χ4n) is 4.65. The maximum absolute atomic E-state index is 13.8. The number of imidazole rings is 1. The SMILES string of the molecule is O=C(Nc1ccccc1)[C@H](Cc1cnc[nH]1)NC(c1ccccc1)(c1ccccc1)c1ccccc1. The summed E-state index contributed by atoms with van der Waals surface area (Å²) in [5.41, 5.74) is 3.99. The largest absolute Gasteiger partial charge is 0.348 e. The van der Waals surface area contributed by atoms with Crippen LogP contribution >= 0.6 is 0 Å². The van der Waals surface area contributed by atoms with E-state index in [1.807, 2.05) is 84.9 Å². The lowest BCUT2D eigenvalue weighted by atomic mass is 9.76. The standard InChI is InChI=1S/C31H28N4O/c36-30(34-27-19-11-4-12-20-27)29(21-28-22-32-23-33-28)35-31(24-13-5-1-6-14-24,25-15-7-2-8-16-25)26-17-9-3-10-18-26/h1-20,22-23,29,35H,21H2,(H,32,33)(H,34,36)/t29-/m0/s1. The number of hydrogen-bond donors (Lipinski definition) is 3. The number of benzene rings is 4. The normalized spacial score (nSPS) is 12.1. The Labute approximate surface area is 211 Å². The molecule has 0 aliphatic rings. The summed E-state index contributed by atoms with van der Waals surface area (Å²) in [6.07, 6.45) is 3.84. The highest BCUT2D eigenvalue weighted by molar-refractivity contribution is 5.95. The maximum Gasteiger partial charge on any atom is 0.241 e. The van der Waals surface area contributed by atoms with Crippen LogP contribution in [0, 0.1) is 0 Å². The van der Waals surface area contributed by atoms with Crippen LogP contribution in [0.2, 0.25) is 0 Å². The Balaban J connectivity index is 1.65. The van der Waals surface area contributed by atoms with Gasteiger partial charge in [0.25, 0.3) is 0 Å². The summed E-state index contributed by atoms with van der Waals surface area (Å²) in [5, 5.41) is 6.91. The van der Waals surface area contributed by atoms with Crippen molar-refractivity contribution in [1.29, 1.82) is 0 Å². The van der Waals surface area contributed by atoms with E-state index in [-0.39, 0.29) is 5.91 Å². The van der Waals surface area contributed by atoms with Gasteiger partial charge in [-0.1, -0.05) is 109 Å². The molecular weight excluding hydrogens is 444 g/mol. The Morgan fingerprint density at radius 2 is 1.19 bits per heavy atom.